The van der Waals surface area contributed by atoms with Crippen molar-refractivity contribution in [2.75, 3.05) is 0 Å². The molecule has 2 aliphatic carbocycles. The van der Waals surface area contributed by atoms with Gasteiger partial charge in [0, 0.05) is 6.04 Å². The molecular formula is C15H25N3O4. The van der Waals surface area contributed by atoms with Crippen LogP contribution in [0.5, 0.6) is 0 Å². The molecule has 2 saturated carbocycles. The third-order valence-electron chi connectivity index (χ3n) is 3.86. The summed E-state index contributed by atoms with van der Waals surface area (Å²) < 4.78 is 5.38. The van der Waals surface area contributed by atoms with E-state index in [1.165, 1.54) is 0 Å². The van der Waals surface area contributed by atoms with Crippen molar-refractivity contribution in [3.05, 3.63) is 0 Å². The number of rotatable bonds is 5. The molecule has 1 atom stereocenters. The molecule has 0 saturated heterocycles. The summed E-state index contributed by atoms with van der Waals surface area (Å²) >= 11 is 0. The first-order valence-corrected chi connectivity index (χ1v) is 7.69. The largest absolute Gasteiger partial charge is 0.458 e. The van der Waals surface area contributed by atoms with Crippen molar-refractivity contribution in [1.82, 2.24) is 10.2 Å². The fraction of sp³-hybridized carbons (Fsp3) is 0.800. The number of ether oxygens (including phenoxy) is 1. The van der Waals surface area contributed by atoms with Gasteiger partial charge in [0.2, 0.25) is 5.91 Å². The number of hydrogen-bond acceptors (Lipinski definition) is 4. The van der Waals surface area contributed by atoms with E-state index in [4.69, 9.17) is 10.5 Å². The molecule has 0 bridgehead atoms. The summed E-state index contributed by atoms with van der Waals surface area (Å²) in [6.45, 7) is 7.04. The van der Waals surface area contributed by atoms with Gasteiger partial charge in [0.1, 0.15) is 17.2 Å². The Balaban J connectivity index is 2.11. The van der Waals surface area contributed by atoms with Crippen LogP contribution < -0.4 is 11.1 Å². The standard InChI is InChI=1S/C15H25N3O4/c1-9(11(19)22-14(2,3)4)18(10-5-6-10)12(20)15(7-8-15)17-13(16)21/h9-10H,5-8H2,1-4H3,(H3,16,17,21). The zero-order valence-corrected chi connectivity index (χ0v) is 13.6. The van der Waals surface area contributed by atoms with E-state index in [0.29, 0.717) is 12.8 Å². The molecule has 2 rings (SSSR count). The van der Waals surface area contributed by atoms with Gasteiger partial charge in [-0.3, -0.25) is 4.79 Å². The molecule has 0 aromatic rings. The Bertz CT molecular complexity index is 490. The molecule has 3 N–H and O–H groups in total. The molecule has 1 unspecified atom stereocenters. The first kappa shape index (κ1) is 16.6. The van der Waals surface area contributed by atoms with Gasteiger partial charge in [-0.1, -0.05) is 0 Å². The third-order valence-corrected chi connectivity index (χ3v) is 3.86. The molecule has 2 fully saturated rings. The van der Waals surface area contributed by atoms with Crippen LogP contribution in [0.2, 0.25) is 0 Å². The average Bonchev–Trinajstić information content (AvgIpc) is 3.21. The van der Waals surface area contributed by atoms with Crippen LogP contribution in [0.15, 0.2) is 0 Å². The summed E-state index contributed by atoms with van der Waals surface area (Å²) in [5.41, 5.74) is 3.62. The van der Waals surface area contributed by atoms with Gasteiger partial charge >= 0.3 is 12.0 Å². The van der Waals surface area contributed by atoms with Crippen LogP contribution in [0.25, 0.3) is 0 Å². The highest BCUT2D eigenvalue weighted by Gasteiger charge is 2.56. The van der Waals surface area contributed by atoms with Crippen molar-refractivity contribution >= 4 is 17.9 Å². The monoisotopic (exact) mass is 311 g/mol. The zero-order valence-electron chi connectivity index (χ0n) is 13.6. The van der Waals surface area contributed by atoms with E-state index < -0.39 is 29.2 Å². The fourth-order valence-electron chi connectivity index (χ4n) is 2.51. The lowest BCUT2D eigenvalue weighted by molar-refractivity contribution is -0.165. The minimum absolute atomic E-state index is 0.0437. The third kappa shape index (κ3) is 3.69. The molecule has 0 radical (unpaired) electrons. The number of nitrogens with zero attached hydrogens (tertiary/aromatic N) is 1. The number of nitrogens with one attached hydrogen (secondary N) is 1. The Morgan fingerprint density at radius 3 is 2.18 bits per heavy atom. The van der Waals surface area contributed by atoms with Crippen molar-refractivity contribution in [1.29, 1.82) is 0 Å². The smallest absolute Gasteiger partial charge is 0.329 e. The van der Waals surface area contributed by atoms with Crippen molar-refractivity contribution < 1.29 is 19.1 Å². The van der Waals surface area contributed by atoms with Crippen LogP contribution in [-0.2, 0) is 14.3 Å². The van der Waals surface area contributed by atoms with Crippen molar-refractivity contribution in [2.24, 2.45) is 5.73 Å². The lowest BCUT2D eigenvalue weighted by Crippen LogP contribution is -2.57. The second kappa shape index (κ2) is 5.44. The second-order valence-corrected chi connectivity index (χ2v) is 7.22. The van der Waals surface area contributed by atoms with E-state index >= 15 is 0 Å². The average molecular weight is 311 g/mol. The van der Waals surface area contributed by atoms with Gasteiger partial charge < -0.3 is 20.7 Å². The minimum Gasteiger partial charge on any atom is -0.458 e. The lowest BCUT2D eigenvalue weighted by atomic mass is 10.1. The number of esters is 1. The van der Waals surface area contributed by atoms with E-state index in [1.807, 2.05) is 0 Å². The molecular weight excluding hydrogens is 286 g/mol. The topological polar surface area (TPSA) is 102 Å². The Kier molecular flexibility index (Phi) is 4.10. The van der Waals surface area contributed by atoms with Crippen LogP contribution in [0.4, 0.5) is 4.79 Å². The minimum atomic E-state index is -0.926. The SMILES string of the molecule is CC(C(=O)OC(C)(C)C)N(C(=O)C1(NC(N)=O)CC1)C1CC1. The van der Waals surface area contributed by atoms with Crippen LogP contribution in [0.1, 0.15) is 53.4 Å². The van der Waals surface area contributed by atoms with Gasteiger partial charge in [0.15, 0.2) is 0 Å². The predicted molar refractivity (Wildman–Crippen MR) is 79.9 cm³/mol. The van der Waals surface area contributed by atoms with Gasteiger partial charge in [-0.25, -0.2) is 9.59 Å². The second-order valence-electron chi connectivity index (χ2n) is 7.22. The first-order valence-electron chi connectivity index (χ1n) is 7.69. The predicted octanol–water partition coefficient (Wildman–Crippen LogP) is 0.909. The molecule has 0 heterocycles. The highest BCUT2D eigenvalue weighted by molar-refractivity contribution is 5.96. The number of carbonyl (C=O) groups is 3. The molecule has 0 aromatic carbocycles. The van der Waals surface area contributed by atoms with E-state index in [1.54, 1.807) is 32.6 Å². The first-order chi connectivity index (χ1) is 10.1. The number of nitrogens with two attached hydrogens (primary N) is 1. The zero-order chi connectivity index (χ0) is 16.7. The quantitative estimate of drug-likeness (QED) is 0.737. The Morgan fingerprint density at radius 1 is 1.27 bits per heavy atom. The molecule has 7 heteroatoms. The van der Waals surface area contributed by atoms with Crippen molar-refractivity contribution in [2.45, 2.75) is 76.6 Å². The molecule has 124 valence electrons. The molecule has 3 amide bonds. The summed E-state index contributed by atoms with van der Waals surface area (Å²) in [6.07, 6.45) is 2.84. The molecule has 7 nitrogen and oxygen atoms in total. The fourth-order valence-corrected chi connectivity index (χ4v) is 2.51. The van der Waals surface area contributed by atoms with Gasteiger partial charge in [0.05, 0.1) is 0 Å². The number of urea groups is 1. The summed E-state index contributed by atoms with van der Waals surface area (Å²) in [7, 11) is 0. The maximum absolute atomic E-state index is 12.8. The van der Waals surface area contributed by atoms with Crippen LogP contribution in [0.3, 0.4) is 0 Å². The summed E-state index contributed by atoms with van der Waals surface area (Å²) in [4.78, 5) is 37.8. The van der Waals surface area contributed by atoms with Crippen LogP contribution >= 0.6 is 0 Å². The van der Waals surface area contributed by atoms with E-state index in [0.717, 1.165) is 12.8 Å². The number of amides is 3. The van der Waals surface area contributed by atoms with Gasteiger partial charge in [0.25, 0.3) is 0 Å². The lowest BCUT2D eigenvalue weighted by Gasteiger charge is -2.33. The van der Waals surface area contributed by atoms with Gasteiger partial charge in [-0.2, -0.15) is 0 Å². The van der Waals surface area contributed by atoms with Crippen LogP contribution in [0, 0.1) is 0 Å². The van der Waals surface area contributed by atoms with Gasteiger partial charge in [-0.05, 0) is 53.4 Å². The summed E-state index contributed by atoms with van der Waals surface area (Å²) in [6, 6.07) is -1.35. The van der Waals surface area contributed by atoms with E-state index in [-0.39, 0.29) is 11.9 Å². The van der Waals surface area contributed by atoms with Gasteiger partial charge in [-0.15, -0.1) is 0 Å². The Labute approximate surface area is 130 Å². The molecule has 0 spiro atoms. The van der Waals surface area contributed by atoms with Crippen molar-refractivity contribution in [3.8, 4) is 0 Å². The number of carbonyl (C=O) groups excluding carboxylic acids is 3. The molecule has 0 aromatic heterocycles. The summed E-state index contributed by atoms with van der Waals surface area (Å²) in [5, 5.41) is 2.53. The highest BCUT2D eigenvalue weighted by Crippen LogP contribution is 2.41. The maximum Gasteiger partial charge on any atom is 0.329 e. The maximum atomic E-state index is 12.8. The Hall–Kier alpha value is -1.79. The molecule has 0 aliphatic heterocycles. The number of hydrogen-bond donors (Lipinski definition) is 2. The summed E-state index contributed by atoms with van der Waals surface area (Å²) in [5.74, 6) is -0.658. The van der Waals surface area contributed by atoms with Crippen LogP contribution in [-0.4, -0.2) is 46.0 Å². The highest BCUT2D eigenvalue weighted by atomic mass is 16.6. The van der Waals surface area contributed by atoms with E-state index in [9.17, 15) is 14.4 Å². The molecule has 22 heavy (non-hydrogen) atoms. The Morgan fingerprint density at radius 2 is 1.82 bits per heavy atom. The normalized spacial score (nSPS) is 20.7. The molecule has 2 aliphatic rings. The van der Waals surface area contributed by atoms with Crippen molar-refractivity contribution in [3.63, 3.8) is 0 Å². The van der Waals surface area contributed by atoms with E-state index in [2.05, 4.69) is 5.32 Å². The number of primary amides is 1.